The lowest BCUT2D eigenvalue weighted by atomic mass is 10.3. The van der Waals surface area contributed by atoms with Gasteiger partial charge in [0.2, 0.25) is 5.91 Å². The van der Waals surface area contributed by atoms with Gasteiger partial charge < -0.3 is 10.2 Å². The van der Waals surface area contributed by atoms with Crippen LogP contribution in [0.1, 0.15) is 18.2 Å². The second kappa shape index (κ2) is 7.54. The topological polar surface area (TPSA) is 35.6 Å². The molecule has 112 valence electrons. The second-order valence-electron chi connectivity index (χ2n) is 5.12. The lowest BCUT2D eigenvalue weighted by molar-refractivity contribution is -0.132. The highest BCUT2D eigenvalue weighted by atomic mass is 79.9. The van der Waals surface area contributed by atoms with Crippen LogP contribution in [0.25, 0.3) is 0 Å². The van der Waals surface area contributed by atoms with Crippen LogP contribution in [0.15, 0.2) is 15.9 Å². The molecule has 0 saturated carbocycles. The quantitative estimate of drug-likeness (QED) is 0.845. The third-order valence-corrected chi connectivity index (χ3v) is 5.36. The highest BCUT2D eigenvalue weighted by Crippen LogP contribution is 2.23. The predicted molar refractivity (Wildman–Crippen MR) is 87.0 cm³/mol. The van der Waals surface area contributed by atoms with Gasteiger partial charge >= 0.3 is 0 Å². The summed E-state index contributed by atoms with van der Waals surface area (Å²) in [4.78, 5) is 17.8. The van der Waals surface area contributed by atoms with E-state index in [0.717, 1.165) is 36.4 Å². The SMILES string of the molecule is CCN(Cc1ccc(Br)s1)C(=O)CN1CCC(NC)C1. The number of rotatable bonds is 6. The molecule has 4 nitrogen and oxygen atoms in total. The van der Waals surface area contributed by atoms with Gasteiger partial charge in [-0.05, 0) is 48.5 Å². The lowest BCUT2D eigenvalue weighted by Crippen LogP contribution is -2.40. The van der Waals surface area contributed by atoms with E-state index in [-0.39, 0.29) is 5.91 Å². The van der Waals surface area contributed by atoms with Crippen LogP contribution in [0, 0.1) is 0 Å². The van der Waals surface area contributed by atoms with Crippen molar-refractivity contribution in [1.82, 2.24) is 15.1 Å². The fourth-order valence-electron chi connectivity index (χ4n) is 2.50. The van der Waals surface area contributed by atoms with E-state index in [1.807, 2.05) is 24.9 Å². The van der Waals surface area contributed by atoms with E-state index < -0.39 is 0 Å². The molecule has 1 aromatic rings. The van der Waals surface area contributed by atoms with E-state index in [1.165, 1.54) is 4.88 Å². The van der Waals surface area contributed by atoms with Gasteiger partial charge in [0.1, 0.15) is 0 Å². The summed E-state index contributed by atoms with van der Waals surface area (Å²) in [5.41, 5.74) is 0. The van der Waals surface area contributed by atoms with Crippen molar-refractivity contribution in [2.45, 2.75) is 25.9 Å². The zero-order valence-electron chi connectivity index (χ0n) is 12.1. The van der Waals surface area contributed by atoms with Crippen molar-refractivity contribution >= 4 is 33.2 Å². The summed E-state index contributed by atoms with van der Waals surface area (Å²) in [5.74, 6) is 0.230. The normalized spacial score (nSPS) is 19.4. The predicted octanol–water partition coefficient (Wildman–Crippen LogP) is 2.15. The van der Waals surface area contributed by atoms with Gasteiger partial charge in [0.25, 0.3) is 0 Å². The van der Waals surface area contributed by atoms with E-state index >= 15 is 0 Å². The number of nitrogens with zero attached hydrogens (tertiary/aromatic N) is 2. The van der Waals surface area contributed by atoms with Crippen molar-refractivity contribution < 1.29 is 4.79 Å². The monoisotopic (exact) mass is 359 g/mol. The minimum absolute atomic E-state index is 0.230. The molecular formula is C14H22BrN3OS. The molecule has 1 unspecified atom stereocenters. The average Bonchev–Trinajstić information content (AvgIpc) is 3.04. The first-order valence-corrected chi connectivity index (χ1v) is 8.65. The molecular weight excluding hydrogens is 338 g/mol. The molecule has 1 aromatic heterocycles. The zero-order chi connectivity index (χ0) is 14.5. The zero-order valence-corrected chi connectivity index (χ0v) is 14.5. The minimum Gasteiger partial charge on any atom is -0.337 e. The summed E-state index contributed by atoms with van der Waals surface area (Å²) < 4.78 is 1.12. The molecule has 1 fully saturated rings. The first kappa shape index (κ1) is 15.9. The molecule has 1 aliphatic rings. The summed E-state index contributed by atoms with van der Waals surface area (Å²) >= 11 is 5.16. The van der Waals surface area contributed by atoms with E-state index in [4.69, 9.17) is 0 Å². The molecule has 1 saturated heterocycles. The summed E-state index contributed by atoms with van der Waals surface area (Å²) in [5, 5.41) is 3.28. The molecule has 2 heterocycles. The van der Waals surface area contributed by atoms with Gasteiger partial charge in [-0.15, -0.1) is 11.3 Å². The maximum atomic E-state index is 12.4. The first-order valence-electron chi connectivity index (χ1n) is 7.04. The third kappa shape index (κ3) is 4.28. The highest BCUT2D eigenvalue weighted by molar-refractivity contribution is 9.11. The Morgan fingerprint density at radius 3 is 2.95 bits per heavy atom. The van der Waals surface area contributed by atoms with Gasteiger partial charge in [-0.3, -0.25) is 9.69 Å². The molecule has 0 aliphatic carbocycles. The molecule has 1 N–H and O–H groups in total. The Morgan fingerprint density at radius 2 is 2.40 bits per heavy atom. The van der Waals surface area contributed by atoms with Crippen LogP contribution in [-0.2, 0) is 11.3 Å². The highest BCUT2D eigenvalue weighted by Gasteiger charge is 2.24. The molecule has 0 radical (unpaired) electrons. The smallest absolute Gasteiger partial charge is 0.237 e. The van der Waals surface area contributed by atoms with Gasteiger partial charge in [-0.25, -0.2) is 0 Å². The van der Waals surface area contributed by atoms with Crippen molar-refractivity contribution in [2.75, 3.05) is 33.2 Å². The van der Waals surface area contributed by atoms with E-state index in [9.17, 15) is 4.79 Å². The standard InChI is InChI=1S/C14H22BrN3OS/c1-3-18(9-12-4-5-13(15)20-12)14(19)10-17-7-6-11(8-17)16-2/h4-5,11,16H,3,6-10H2,1-2H3. The van der Waals surface area contributed by atoms with Crippen LogP contribution in [0.5, 0.6) is 0 Å². The van der Waals surface area contributed by atoms with Crippen molar-refractivity contribution in [3.63, 3.8) is 0 Å². The maximum absolute atomic E-state index is 12.4. The maximum Gasteiger partial charge on any atom is 0.237 e. The molecule has 0 bridgehead atoms. The molecule has 1 aliphatic heterocycles. The Bertz CT molecular complexity index is 451. The van der Waals surface area contributed by atoms with Crippen LogP contribution in [-0.4, -0.2) is 55.0 Å². The molecule has 2 rings (SSSR count). The second-order valence-corrected chi connectivity index (χ2v) is 7.67. The van der Waals surface area contributed by atoms with Crippen LogP contribution in [0.3, 0.4) is 0 Å². The minimum atomic E-state index is 0.230. The van der Waals surface area contributed by atoms with Crippen molar-refractivity contribution in [3.8, 4) is 0 Å². The van der Waals surface area contributed by atoms with Crippen molar-refractivity contribution in [2.24, 2.45) is 0 Å². The average molecular weight is 360 g/mol. The Labute approximate surface area is 133 Å². The number of likely N-dealkylation sites (tertiary alicyclic amines) is 1. The number of carbonyl (C=O) groups is 1. The van der Waals surface area contributed by atoms with E-state index in [1.54, 1.807) is 11.3 Å². The Kier molecular flexibility index (Phi) is 6.01. The van der Waals surface area contributed by atoms with Gasteiger partial charge in [0.15, 0.2) is 0 Å². The number of amides is 1. The molecule has 0 aromatic carbocycles. The Hall–Kier alpha value is -0.430. The van der Waals surface area contributed by atoms with Gasteiger partial charge in [0.05, 0.1) is 16.9 Å². The fraction of sp³-hybridized carbons (Fsp3) is 0.643. The number of halogens is 1. The van der Waals surface area contributed by atoms with Crippen molar-refractivity contribution in [3.05, 3.63) is 20.8 Å². The summed E-state index contributed by atoms with van der Waals surface area (Å²) in [6, 6.07) is 4.65. The fourth-order valence-corrected chi connectivity index (χ4v) is 4.00. The van der Waals surface area contributed by atoms with Crippen molar-refractivity contribution in [1.29, 1.82) is 0 Å². The Balaban J connectivity index is 1.86. The molecule has 20 heavy (non-hydrogen) atoms. The van der Waals surface area contributed by atoms with Crippen LogP contribution >= 0.6 is 27.3 Å². The van der Waals surface area contributed by atoms with E-state index in [2.05, 4.69) is 32.2 Å². The van der Waals surface area contributed by atoms with Gasteiger partial charge in [-0.2, -0.15) is 0 Å². The number of likely N-dealkylation sites (N-methyl/N-ethyl adjacent to an activating group) is 2. The summed E-state index contributed by atoms with van der Waals surface area (Å²) in [6.45, 7) is 6.05. The Morgan fingerprint density at radius 1 is 1.60 bits per heavy atom. The number of hydrogen-bond donors (Lipinski definition) is 1. The van der Waals surface area contributed by atoms with Gasteiger partial charge in [0, 0.05) is 30.6 Å². The summed E-state index contributed by atoms with van der Waals surface area (Å²) in [6.07, 6.45) is 1.13. The summed E-state index contributed by atoms with van der Waals surface area (Å²) in [7, 11) is 1.99. The number of hydrogen-bond acceptors (Lipinski definition) is 4. The number of nitrogens with one attached hydrogen (secondary N) is 1. The first-order chi connectivity index (χ1) is 9.62. The van der Waals surface area contributed by atoms with Gasteiger partial charge in [-0.1, -0.05) is 0 Å². The lowest BCUT2D eigenvalue weighted by Gasteiger charge is -2.23. The number of carbonyl (C=O) groups excluding carboxylic acids is 1. The molecule has 6 heteroatoms. The largest absolute Gasteiger partial charge is 0.337 e. The van der Waals surface area contributed by atoms with Crippen LogP contribution < -0.4 is 5.32 Å². The van der Waals surface area contributed by atoms with E-state index in [0.29, 0.717) is 12.6 Å². The molecule has 0 spiro atoms. The molecule has 1 amide bonds. The third-order valence-electron chi connectivity index (χ3n) is 3.75. The number of thiophene rings is 1. The van der Waals surface area contributed by atoms with Crippen LogP contribution in [0.4, 0.5) is 0 Å². The molecule has 1 atom stereocenters. The van der Waals surface area contributed by atoms with Crippen LogP contribution in [0.2, 0.25) is 0 Å².